The summed E-state index contributed by atoms with van der Waals surface area (Å²) < 4.78 is 2.13. The normalized spacial score (nSPS) is 10.3. The maximum Gasteiger partial charge on any atom is 0.242 e. The Morgan fingerprint density at radius 3 is 2.87 bits per heavy atom. The molecule has 0 radical (unpaired) electrons. The van der Waals surface area contributed by atoms with Crippen LogP contribution in [0.5, 0.6) is 0 Å². The molecule has 15 heavy (non-hydrogen) atoms. The van der Waals surface area contributed by atoms with Crippen LogP contribution in [-0.4, -0.2) is 4.98 Å². The smallest absolute Gasteiger partial charge is 0.242 e. The van der Waals surface area contributed by atoms with Crippen LogP contribution in [0.25, 0.3) is 11.0 Å². The predicted molar refractivity (Wildman–Crippen MR) is 58.1 cm³/mol. The molecule has 0 aliphatic heterocycles. The monoisotopic (exact) mass is 224 g/mol. The maximum absolute atomic E-state index is 3.33. The number of benzene rings is 1. The van der Waals surface area contributed by atoms with Crippen LogP contribution < -0.4 is 17.0 Å². The summed E-state index contributed by atoms with van der Waals surface area (Å²) in [6.07, 6.45) is 5.71. The fourth-order valence-electron chi connectivity index (χ4n) is 1.85. The number of hydrogen-bond donors (Lipinski definition) is 1. The molecule has 2 rings (SSSR count). The molecule has 1 N–H and O–H groups in total. The van der Waals surface area contributed by atoms with Crippen molar-refractivity contribution in [1.82, 2.24) is 4.98 Å². The Bertz CT molecular complexity index is 434. The molecule has 2 nitrogen and oxygen atoms in total. The van der Waals surface area contributed by atoms with Gasteiger partial charge in [-0.1, -0.05) is 25.5 Å². The van der Waals surface area contributed by atoms with Crippen molar-refractivity contribution in [3.8, 4) is 0 Å². The molecule has 1 heterocycles. The number of imidazole rings is 1. The lowest BCUT2D eigenvalue weighted by Gasteiger charge is -1.98. The van der Waals surface area contributed by atoms with Gasteiger partial charge in [0, 0.05) is 5.56 Å². The first kappa shape index (κ1) is 12.1. The van der Waals surface area contributed by atoms with Crippen LogP contribution in [-0.2, 0) is 13.5 Å². The first-order valence-electron chi connectivity index (χ1n) is 5.27. The van der Waals surface area contributed by atoms with Gasteiger partial charge < -0.3 is 12.4 Å². The van der Waals surface area contributed by atoms with Gasteiger partial charge in [-0.25, -0.2) is 9.55 Å². The minimum absolute atomic E-state index is 0. The molecular formula is C12H17ClN2. The number of aromatic amines is 1. The Balaban J connectivity index is 0.00000112. The maximum atomic E-state index is 3.33. The van der Waals surface area contributed by atoms with Crippen molar-refractivity contribution in [2.75, 3.05) is 0 Å². The summed E-state index contributed by atoms with van der Waals surface area (Å²) in [7, 11) is 2.07. The van der Waals surface area contributed by atoms with Gasteiger partial charge in [0.1, 0.15) is 0 Å². The van der Waals surface area contributed by atoms with E-state index in [0.29, 0.717) is 0 Å². The fraction of sp³-hybridized carbons (Fsp3) is 0.417. The molecule has 0 amide bonds. The van der Waals surface area contributed by atoms with E-state index in [1.54, 1.807) is 0 Å². The molecule has 0 spiro atoms. The van der Waals surface area contributed by atoms with Crippen molar-refractivity contribution in [3.63, 3.8) is 0 Å². The summed E-state index contributed by atoms with van der Waals surface area (Å²) in [4.78, 5) is 3.33. The zero-order valence-electron chi connectivity index (χ0n) is 9.26. The van der Waals surface area contributed by atoms with Crippen LogP contribution in [0.3, 0.4) is 0 Å². The second-order valence-electron chi connectivity index (χ2n) is 3.80. The van der Waals surface area contributed by atoms with Gasteiger partial charge in [-0.2, -0.15) is 0 Å². The number of para-hydroxylation sites is 1. The minimum atomic E-state index is 0. The van der Waals surface area contributed by atoms with Gasteiger partial charge in [-0.05, 0) is 18.9 Å². The van der Waals surface area contributed by atoms with E-state index in [0.717, 1.165) is 0 Å². The number of rotatable bonds is 3. The van der Waals surface area contributed by atoms with E-state index in [1.165, 1.54) is 35.9 Å². The molecular weight excluding hydrogens is 208 g/mol. The van der Waals surface area contributed by atoms with Gasteiger partial charge >= 0.3 is 0 Å². The highest BCUT2D eigenvalue weighted by Crippen LogP contribution is 2.15. The molecule has 2 aromatic rings. The SMILES string of the molecule is CCCCc1cccc2c1[nH]c[n+]2C.[Cl-]. The van der Waals surface area contributed by atoms with Gasteiger partial charge in [-0.15, -0.1) is 0 Å². The lowest BCUT2D eigenvalue weighted by Crippen LogP contribution is -3.00. The van der Waals surface area contributed by atoms with Crippen LogP contribution in [0.1, 0.15) is 25.3 Å². The van der Waals surface area contributed by atoms with Crippen molar-refractivity contribution in [2.24, 2.45) is 7.05 Å². The topological polar surface area (TPSA) is 19.7 Å². The van der Waals surface area contributed by atoms with Crippen LogP contribution >= 0.6 is 0 Å². The van der Waals surface area contributed by atoms with E-state index in [2.05, 4.69) is 41.7 Å². The van der Waals surface area contributed by atoms with Crippen molar-refractivity contribution in [3.05, 3.63) is 30.1 Å². The Hall–Kier alpha value is -1.02. The third-order valence-electron chi connectivity index (χ3n) is 2.71. The average molecular weight is 225 g/mol. The molecule has 0 saturated carbocycles. The summed E-state index contributed by atoms with van der Waals surface area (Å²) in [5.74, 6) is 0. The van der Waals surface area contributed by atoms with Gasteiger partial charge in [0.05, 0.1) is 7.05 Å². The molecule has 0 saturated heterocycles. The van der Waals surface area contributed by atoms with E-state index < -0.39 is 0 Å². The van der Waals surface area contributed by atoms with Crippen LogP contribution in [0.4, 0.5) is 0 Å². The minimum Gasteiger partial charge on any atom is -1.00 e. The Morgan fingerprint density at radius 2 is 2.13 bits per heavy atom. The quantitative estimate of drug-likeness (QED) is 0.668. The fourth-order valence-corrected chi connectivity index (χ4v) is 1.85. The zero-order valence-corrected chi connectivity index (χ0v) is 10.0. The lowest BCUT2D eigenvalue weighted by molar-refractivity contribution is -0.644. The Labute approximate surface area is 96.7 Å². The molecule has 1 aromatic heterocycles. The average Bonchev–Trinajstić information content (AvgIpc) is 2.58. The molecule has 0 bridgehead atoms. The van der Waals surface area contributed by atoms with Crippen molar-refractivity contribution >= 4 is 11.0 Å². The van der Waals surface area contributed by atoms with Crippen LogP contribution in [0, 0.1) is 0 Å². The lowest BCUT2D eigenvalue weighted by atomic mass is 10.1. The van der Waals surface area contributed by atoms with E-state index >= 15 is 0 Å². The molecule has 0 fully saturated rings. The van der Waals surface area contributed by atoms with Crippen molar-refractivity contribution in [2.45, 2.75) is 26.2 Å². The number of nitrogens with one attached hydrogen (secondary N) is 1. The molecule has 0 atom stereocenters. The molecule has 0 aliphatic carbocycles. The number of aromatic nitrogens is 2. The number of H-pyrrole nitrogens is 1. The highest BCUT2D eigenvalue weighted by molar-refractivity contribution is 5.75. The van der Waals surface area contributed by atoms with Gasteiger partial charge in [0.25, 0.3) is 0 Å². The van der Waals surface area contributed by atoms with Crippen molar-refractivity contribution < 1.29 is 17.0 Å². The summed E-state index contributed by atoms with van der Waals surface area (Å²) in [6, 6.07) is 6.51. The molecule has 82 valence electrons. The first-order valence-corrected chi connectivity index (χ1v) is 5.27. The number of hydrogen-bond acceptors (Lipinski definition) is 0. The number of nitrogens with zero attached hydrogens (tertiary/aromatic N) is 1. The largest absolute Gasteiger partial charge is 1.00 e. The number of fused-ring (bicyclic) bond motifs is 1. The third-order valence-corrected chi connectivity index (χ3v) is 2.71. The standard InChI is InChI=1S/C12H16N2.ClH/c1-3-4-6-10-7-5-8-11-12(10)13-9-14(11)2;/h5,7-9H,3-4,6H2,1-2H3;1H. The van der Waals surface area contributed by atoms with Gasteiger partial charge in [0.2, 0.25) is 6.33 Å². The van der Waals surface area contributed by atoms with Crippen LogP contribution in [0.2, 0.25) is 0 Å². The second kappa shape index (κ2) is 5.17. The third kappa shape index (κ3) is 2.32. The Kier molecular flexibility index (Phi) is 4.15. The highest BCUT2D eigenvalue weighted by Gasteiger charge is 2.09. The molecule has 0 aliphatic rings. The van der Waals surface area contributed by atoms with E-state index in [1.807, 2.05) is 6.33 Å². The summed E-state index contributed by atoms with van der Waals surface area (Å²) in [6.45, 7) is 2.23. The van der Waals surface area contributed by atoms with E-state index in [4.69, 9.17) is 0 Å². The first-order chi connectivity index (χ1) is 6.83. The second-order valence-corrected chi connectivity index (χ2v) is 3.80. The van der Waals surface area contributed by atoms with E-state index in [-0.39, 0.29) is 12.4 Å². The molecule has 0 unspecified atom stereocenters. The molecule has 3 heteroatoms. The van der Waals surface area contributed by atoms with Gasteiger partial charge in [-0.3, -0.25) is 0 Å². The number of unbranched alkanes of at least 4 members (excludes halogenated alkanes) is 1. The van der Waals surface area contributed by atoms with E-state index in [9.17, 15) is 0 Å². The van der Waals surface area contributed by atoms with Crippen molar-refractivity contribution in [1.29, 1.82) is 0 Å². The molecule has 1 aromatic carbocycles. The summed E-state index contributed by atoms with van der Waals surface area (Å²) in [5.41, 5.74) is 4.02. The summed E-state index contributed by atoms with van der Waals surface area (Å²) >= 11 is 0. The Morgan fingerprint density at radius 1 is 1.33 bits per heavy atom. The predicted octanol–water partition coefficient (Wildman–Crippen LogP) is -0.661. The number of halogens is 1. The van der Waals surface area contributed by atoms with Gasteiger partial charge in [0.15, 0.2) is 11.0 Å². The zero-order chi connectivity index (χ0) is 9.97. The number of aryl methyl sites for hydroxylation is 2. The van der Waals surface area contributed by atoms with Crippen LogP contribution in [0.15, 0.2) is 24.5 Å². The summed E-state index contributed by atoms with van der Waals surface area (Å²) in [5, 5.41) is 0. The highest BCUT2D eigenvalue weighted by atomic mass is 35.5.